The van der Waals surface area contributed by atoms with Crippen LogP contribution in [0.25, 0.3) is 0 Å². The Balaban J connectivity index is 1.85. The summed E-state index contributed by atoms with van der Waals surface area (Å²) in [7, 11) is 0. The summed E-state index contributed by atoms with van der Waals surface area (Å²) in [5.74, 6) is -0.678. The minimum atomic E-state index is -0.915. The fourth-order valence-corrected chi connectivity index (χ4v) is 4.21. The first-order valence-corrected chi connectivity index (χ1v) is 12.8. The van der Waals surface area contributed by atoms with Gasteiger partial charge >= 0.3 is 5.97 Å². The maximum atomic E-state index is 13.2. The Morgan fingerprint density at radius 3 is 2.49 bits per heavy atom. The van der Waals surface area contributed by atoms with E-state index in [0.29, 0.717) is 34.7 Å². The van der Waals surface area contributed by atoms with Crippen molar-refractivity contribution in [2.45, 2.75) is 59.4 Å². The molecule has 0 aliphatic heterocycles. The van der Waals surface area contributed by atoms with E-state index in [1.165, 1.54) is 0 Å². The highest BCUT2D eigenvalue weighted by Gasteiger charge is 2.17. The van der Waals surface area contributed by atoms with Gasteiger partial charge in [-0.3, -0.25) is 15.0 Å². The van der Waals surface area contributed by atoms with Crippen molar-refractivity contribution >= 4 is 23.4 Å². The van der Waals surface area contributed by atoms with Crippen molar-refractivity contribution in [3.8, 4) is 5.75 Å². The Morgan fingerprint density at radius 2 is 1.82 bits per heavy atom. The molecule has 39 heavy (non-hydrogen) atoms. The number of anilines is 1. The molecular formula is C30H36N4O5. The van der Waals surface area contributed by atoms with Gasteiger partial charge in [0.25, 0.3) is 5.91 Å². The number of aliphatic hydroxyl groups is 1. The average molecular weight is 533 g/mol. The molecule has 0 spiro atoms. The van der Waals surface area contributed by atoms with Crippen LogP contribution in [0.5, 0.6) is 5.75 Å². The van der Waals surface area contributed by atoms with Crippen LogP contribution in [0.4, 0.5) is 5.69 Å². The highest BCUT2D eigenvalue weighted by Crippen LogP contribution is 2.29. The lowest BCUT2D eigenvalue weighted by Gasteiger charge is -2.20. The van der Waals surface area contributed by atoms with Gasteiger partial charge < -0.3 is 31.3 Å². The molecule has 3 rings (SSSR count). The van der Waals surface area contributed by atoms with Crippen LogP contribution in [0.15, 0.2) is 54.6 Å². The van der Waals surface area contributed by atoms with Gasteiger partial charge in [0.05, 0.1) is 18.3 Å². The number of carbonyl (C=O) groups excluding carboxylic acids is 1. The van der Waals surface area contributed by atoms with Crippen molar-refractivity contribution in [1.29, 1.82) is 5.41 Å². The zero-order valence-corrected chi connectivity index (χ0v) is 22.5. The lowest BCUT2D eigenvalue weighted by molar-refractivity contribution is -0.136. The van der Waals surface area contributed by atoms with Crippen molar-refractivity contribution in [3.05, 3.63) is 93.5 Å². The Kier molecular flexibility index (Phi) is 10.1. The van der Waals surface area contributed by atoms with Crippen LogP contribution >= 0.6 is 0 Å². The molecule has 3 aromatic carbocycles. The third-order valence-corrected chi connectivity index (χ3v) is 6.08. The normalized spacial score (nSPS) is 10.8. The monoisotopic (exact) mass is 532 g/mol. The topological polar surface area (TPSA) is 158 Å². The Labute approximate surface area is 228 Å². The summed E-state index contributed by atoms with van der Waals surface area (Å²) in [5.41, 5.74) is 11.2. The molecule has 0 saturated carbocycles. The number of carboxylic acid groups (broad SMARTS) is 1. The summed E-state index contributed by atoms with van der Waals surface area (Å²) in [6.07, 6.45) is 0.0655. The first kappa shape index (κ1) is 29.2. The molecule has 1 amide bonds. The van der Waals surface area contributed by atoms with E-state index in [1.807, 2.05) is 45.0 Å². The molecule has 9 nitrogen and oxygen atoms in total. The van der Waals surface area contributed by atoms with Crippen LogP contribution in [-0.2, 0) is 30.9 Å². The molecule has 0 bridgehead atoms. The van der Waals surface area contributed by atoms with Gasteiger partial charge in [-0.25, -0.2) is 0 Å². The van der Waals surface area contributed by atoms with Crippen molar-refractivity contribution in [2.75, 3.05) is 5.32 Å². The summed E-state index contributed by atoms with van der Waals surface area (Å²) in [5, 5.41) is 33.0. The molecule has 0 saturated heterocycles. The largest absolute Gasteiger partial charge is 0.491 e. The average Bonchev–Trinajstić information content (AvgIpc) is 2.89. The number of carbonyl (C=O) groups is 2. The highest BCUT2D eigenvalue weighted by molar-refractivity contribution is 6.00. The maximum absolute atomic E-state index is 13.2. The molecule has 3 aromatic rings. The van der Waals surface area contributed by atoms with E-state index in [1.54, 1.807) is 30.3 Å². The SMILES string of the molecule is Cc1ccc(NCc2cc(CO)cc(OC(C)C)c2CCC(=O)O)c(C(=O)NCc2cccc(C(=N)N)c2)c1. The minimum Gasteiger partial charge on any atom is -0.491 e. The zero-order valence-electron chi connectivity index (χ0n) is 22.5. The van der Waals surface area contributed by atoms with Crippen molar-refractivity contribution < 1.29 is 24.5 Å². The fraction of sp³-hybridized carbons (Fsp3) is 0.300. The Bertz CT molecular complexity index is 1350. The second-order valence-corrected chi connectivity index (χ2v) is 9.65. The van der Waals surface area contributed by atoms with Crippen LogP contribution in [0.3, 0.4) is 0 Å². The number of nitrogens with one attached hydrogen (secondary N) is 3. The van der Waals surface area contributed by atoms with Crippen LogP contribution in [0.2, 0.25) is 0 Å². The van der Waals surface area contributed by atoms with Crippen LogP contribution in [0.1, 0.15) is 64.0 Å². The van der Waals surface area contributed by atoms with Crippen LogP contribution in [-0.4, -0.2) is 34.0 Å². The van der Waals surface area contributed by atoms with Gasteiger partial charge in [0.1, 0.15) is 11.6 Å². The quantitative estimate of drug-likeness (QED) is 0.143. The second-order valence-electron chi connectivity index (χ2n) is 9.65. The predicted molar refractivity (Wildman–Crippen MR) is 151 cm³/mol. The summed E-state index contributed by atoms with van der Waals surface area (Å²) in [4.78, 5) is 24.5. The van der Waals surface area contributed by atoms with Gasteiger partial charge in [-0.15, -0.1) is 0 Å². The Hall–Kier alpha value is -4.37. The number of hydrogen-bond acceptors (Lipinski definition) is 6. The van der Waals surface area contributed by atoms with Crippen LogP contribution < -0.4 is 21.1 Å². The number of aliphatic hydroxyl groups excluding tert-OH is 1. The molecule has 0 fully saturated rings. The molecule has 0 radical (unpaired) electrons. The standard InChI is InChI=1S/C30H36N4O5/c1-18(2)39-27-14-21(17-35)13-23(24(27)8-10-28(36)37)16-33-26-9-7-19(3)11-25(26)30(38)34-15-20-5-4-6-22(12-20)29(31)32/h4-7,9,11-14,18,33,35H,8,10,15-17H2,1-3H3,(H3,31,32)(H,34,38)(H,36,37). The summed E-state index contributed by atoms with van der Waals surface area (Å²) < 4.78 is 5.97. The molecule has 7 N–H and O–H groups in total. The summed E-state index contributed by atoms with van der Waals surface area (Å²) >= 11 is 0. The first-order valence-electron chi connectivity index (χ1n) is 12.8. The molecule has 0 aliphatic rings. The molecule has 0 unspecified atom stereocenters. The van der Waals surface area contributed by atoms with E-state index in [2.05, 4.69) is 10.6 Å². The third kappa shape index (κ3) is 8.31. The number of rotatable bonds is 13. The molecule has 0 atom stereocenters. The first-order chi connectivity index (χ1) is 18.6. The number of amidine groups is 1. The van der Waals surface area contributed by atoms with Gasteiger partial charge in [0, 0.05) is 30.8 Å². The highest BCUT2D eigenvalue weighted by atomic mass is 16.5. The summed E-state index contributed by atoms with van der Waals surface area (Å²) in [6, 6.07) is 16.2. The van der Waals surface area contributed by atoms with Gasteiger partial charge in [0.2, 0.25) is 0 Å². The van der Waals surface area contributed by atoms with Crippen molar-refractivity contribution in [2.24, 2.45) is 5.73 Å². The number of ether oxygens (including phenoxy) is 1. The number of benzene rings is 3. The van der Waals surface area contributed by atoms with Gasteiger partial charge in [-0.05, 0) is 73.7 Å². The van der Waals surface area contributed by atoms with Crippen molar-refractivity contribution in [1.82, 2.24) is 5.32 Å². The van der Waals surface area contributed by atoms with E-state index >= 15 is 0 Å². The molecule has 0 heterocycles. The third-order valence-electron chi connectivity index (χ3n) is 6.08. The Morgan fingerprint density at radius 1 is 1.05 bits per heavy atom. The minimum absolute atomic E-state index is 0.0386. The smallest absolute Gasteiger partial charge is 0.303 e. The molecule has 0 aromatic heterocycles. The number of aliphatic carboxylic acids is 1. The fourth-order valence-electron chi connectivity index (χ4n) is 4.21. The lowest BCUT2D eigenvalue weighted by Crippen LogP contribution is -2.24. The van der Waals surface area contributed by atoms with E-state index in [9.17, 15) is 19.8 Å². The number of nitrogen functional groups attached to an aromatic ring is 1. The lowest BCUT2D eigenvalue weighted by atomic mass is 9.98. The molecule has 9 heteroatoms. The predicted octanol–water partition coefficient (Wildman–Crippen LogP) is 4.12. The maximum Gasteiger partial charge on any atom is 0.303 e. The van der Waals surface area contributed by atoms with Crippen LogP contribution in [0, 0.1) is 12.3 Å². The van der Waals surface area contributed by atoms with Gasteiger partial charge in [-0.2, -0.15) is 0 Å². The molecular weight excluding hydrogens is 496 g/mol. The van der Waals surface area contributed by atoms with Gasteiger partial charge in [-0.1, -0.05) is 35.9 Å². The molecule has 206 valence electrons. The van der Waals surface area contributed by atoms with E-state index in [-0.39, 0.29) is 43.8 Å². The number of nitrogens with two attached hydrogens (primary N) is 1. The summed E-state index contributed by atoms with van der Waals surface area (Å²) in [6.45, 7) is 6.04. The number of carboxylic acids is 1. The van der Waals surface area contributed by atoms with Crippen molar-refractivity contribution in [3.63, 3.8) is 0 Å². The molecule has 0 aliphatic carbocycles. The van der Waals surface area contributed by atoms with E-state index in [0.717, 1.165) is 22.3 Å². The van der Waals surface area contributed by atoms with E-state index < -0.39 is 5.97 Å². The number of amides is 1. The number of hydrogen-bond donors (Lipinski definition) is 6. The zero-order chi connectivity index (χ0) is 28.5. The number of aryl methyl sites for hydroxylation is 1. The second kappa shape index (κ2) is 13.4. The van der Waals surface area contributed by atoms with E-state index in [4.69, 9.17) is 15.9 Å². The van der Waals surface area contributed by atoms with Gasteiger partial charge in [0.15, 0.2) is 0 Å².